The summed E-state index contributed by atoms with van der Waals surface area (Å²) in [6.07, 6.45) is 2.57. The molecule has 2 aromatic rings. The third-order valence-corrected chi connectivity index (χ3v) is 4.06. The summed E-state index contributed by atoms with van der Waals surface area (Å²) >= 11 is 0. The number of ether oxygens (including phenoxy) is 1. The first-order chi connectivity index (χ1) is 11.9. The van der Waals surface area contributed by atoms with Crippen LogP contribution >= 0.6 is 0 Å². The fourth-order valence-corrected chi connectivity index (χ4v) is 2.80. The van der Waals surface area contributed by atoms with Gasteiger partial charge in [0.25, 0.3) is 5.56 Å². The van der Waals surface area contributed by atoms with Gasteiger partial charge < -0.3 is 10.1 Å². The fourth-order valence-electron chi connectivity index (χ4n) is 2.80. The molecule has 1 amide bonds. The summed E-state index contributed by atoms with van der Waals surface area (Å²) in [7, 11) is 0. The van der Waals surface area contributed by atoms with Gasteiger partial charge in [-0.3, -0.25) is 9.59 Å². The fraction of sp³-hybridized carbons (Fsp3) is 0.353. The van der Waals surface area contributed by atoms with E-state index in [9.17, 15) is 18.4 Å². The van der Waals surface area contributed by atoms with Gasteiger partial charge in [0.15, 0.2) is 0 Å². The molecule has 1 N–H and O–H groups in total. The number of carbonyl (C=O) groups excluding carboxylic acids is 1. The van der Waals surface area contributed by atoms with Crippen LogP contribution in [0, 0.1) is 0 Å². The lowest BCUT2D eigenvalue weighted by Crippen LogP contribution is -2.34. The first-order valence-electron chi connectivity index (χ1n) is 7.91. The van der Waals surface area contributed by atoms with Gasteiger partial charge in [0.2, 0.25) is 5.91 Å². The lowest BCUT2D eigenvalue weighted by atomic mass is 10.2. The van der Waals surface area contributed by atoms with E-state index < -0.39 is 18.6 Å². The number of hydrogen-bond acceptors (Lipinski definition) is 4. The third kappa shape index (κ3) is 3.84. The van der Waals surface area contributed by atoms with Crippen molar-refractivity contribution in [1.29, 1.82) is 0 Å². The molecule has 132 valence electrons. The van der Waals surface area contributed by atoms with E-state index in [1.54, 1.807) is 13.0 Å². The molecule has 0 saturated heterocycles. The molecule has 1 heterocycles. The maximum Gasteiger partial charge on any atom is 0.387 e. The predicted octanol–water partition coefficient (Wildman–Crippen LogP) is 2.53. The minimum Gasteiger partial charge on any atom is -0.435 e. The zero-order chi connectivity index (χ0) is 18.0. The summed E-state index contributed by atoms with van der Waals surface area (Å²) in [5, 5.41) is 6.88. The molecule has 1 atom stereocenters. The van der Waals surface area contributed by atoms with Gasteiger partial charge >= 0.3 is 6.61 Å². The number of aromatic nitrogens is 2. The lowest BCUT2D eigenvalue weighted by Gasteiger charge is -2.15. The SMILES string of the molecule is C[C@H](C(=O)Nc1cccc(OC(F)F)c1)n1nc2c(cc1=O)CCC2. The van der Waals surface area contributed by atoms with Crippen LogP contribution in [0.2, 0.25) is 0 Å². The van der Waals surface area contributed by atoms with Gasteiger partial charge in [0, 0.05) is 17.8 Å². The Balaban J connectivity index is 1.76. The van der Waals surface area contributed by atoms with Crippen LogP contribution in [-0.2, 0) is 17.6 Å². The topological polar surface area (TPSA) is 73.2 Å². The second-order valence-electron chi connectivity index (χ2n) is 5.82. The van der Waals surface area contributed by atoms with Crippen LogP contribution in [0.3, 0.4) is 0 Å². The molecule has 1 aromatic carbocycles. The third-order valence-electron chi connectivity index (χ3n) is 4.06. The molecule has 3 rings (SSSR count). The number of nitrogens with zero attached hydrogens (tertiary/aromatic N) is 2. The van der Waals surface area contributed by atoms with E-state index in [2.05, 4.69) is 15.2 Å². The molecular formula is C17H17F2N3O3. The quantitative estimate of drug-likeness (QED) is 0.900. The van der Waals surface area contributed by atoms with Crippen LogP contribution in [0.15, 0.2) is 35.1 Å². The molecule has 0 aliphatic heterocycles. The molecule has 1 aliphatic rings. The highest BCUT2D eigenvalue weighted by Gasteiger charge is 2.21. The Hall–Kier alpha value is -2.77. The monoisotopic (exact) mass is 349 g/mol. The standard InChI is InChI=1S/C17H17F2N3O3/c1-10(22-15(23)8-11-4-2-7-14(11)21-22)16(24)20-12-5-3-6-13(9-12)25-17(18)19/h3,5-6,8-10,17H,2,4,7H2,1H3,(H,20,24)/t10-/m1/s1. The molecule has 25 heavy (non-hydrogen) atoms. The number of fused-ring (bicyclic) bond motifs is 1. The van der Waals surface area contributed by atoms with Crippen molar-refractivity contribution in [2.45, 2.75) is 38.8 Å². The predicted molar refractivity (Wildman–Crippen MR) is 86.9 cm³/mol. The Kier molecular flexibility index (Phi) is 4.78. The number of nitrogens with one attached hydrogen (secondary N) is 1. The Morgan fingerprint density at radius 3 is 2.88 bits per heavy atom. The van der Waals surface area contributed by atoms with Crippen LogP contribution in [0.25, 0.3) is 0 Å². The normalized spacial score (nSPS) is 14.2. The van der Waals surface area contributed by atoms with E-state index in [4.69, 9.17) is 0 Å². The highest BCUT2D eigenvalue weighted by Crippen LogP contribution is 2.21. The molecule has 6 nitrogen and oxygen atoms in total. The van der Waals surface area contributed by atoms with Crippen molar-refractivity contribution < 1.29 is 18.3 Å². The van der Waals surface area contributed by atoms with Gasteiger partial charge in [-0.15, -0.1) is 0 Å². The van der Waals surface area contributed by atoms with Crippen molar-refractivity contribution >= 4 is 11.6 Å². The number of amides is 1. The Morgan fingerprint density at radius 1 is 1.32 bits per heavy atom. The van der Waals surface area contributed by atoms with E-state index in [-0.39, 0.29) is 11.3 Å². The van der Waals surface area contributed by atoms with E-state index in [1.165, 1.54) is 24.3 Å². The van der Waals surface area contributed by atoms with Gasteiger partial charge in [0.1, 0.15) is 11.8 Å². The van der Waals surface area contributed by atoms with Crippen LogP contribution in [0.5, 0.6) is 5.75 Å². The number of anilines is 1. The van der Waals surface area contributed by atoms with E-state index >= 15 is 0 Å². The molecule has 0 bridgehead atoms. The Labute approximate surface area is 142 Å². The number of aryl methyl sites for hydroxylation is 2. The Bertz CT molecular complexity index is 851. The van der Waals surface area contributed by atoms with E-state index in [0.29, 0.717) is 5.69 Å². The molecule has 1 aromatic heterocycles. The molecular weight excluding hydrogens is 332 g/mol. The van der Waals surface area contributed by atoms with Crippen molar-refractivity contribution in [3.05, 3.63) is 51.9 Å². The zero-order valence-corrected chi connectivity index (χ0v) is 13.5. The molecule has 0 saturated carbocycles. The minimum atomic E-state index is -2.95. The van der Waals surface area contributed by atoms with Crippen molar-refractivity contribution in [3.63, 3.8) is 0 Å². The molecule has 0 fully saturated rings. The van der Waals surface area contributed by atoms with Crippen LogP contribution in [0.1, 0.15) is 30.6 Å². The zero-order valence-electron chi connectivity index (χ0n) is 13.5. The highest BCUT2D eigenvalue weighted by atomic mass is 19.3. The van der Waals surface area contributed by atoms with Crippen molar-refractivity contribution in [2.75, 3.05) is 5.32 Å². The van der Waals surface area contributed by atoms with Crippen molar-refractivity contribution in [1.82, 2.24) is 9.78 Å². The second-order valence-corrected chi connectivity index (χ2v) is 5.82. The van der Waals surface area contributed by atoms with Gasteiger partial charge in [-0.2, -0.15) is 13.9 Å². The van der Waals surface area contributed by atoms with Crippen molar-refractivity contribution in [2.24, 2.45) is 0 Å². The molecule has 0 spiro atoms. The maximum absolute atomic E-state index is 12.4. The second kappa shape index (κ2) is 7.00. The van der Waals surface area contributed by atoms with Crippen LogP contribution < -0.4 is 15.6 Å². The van der Waals surface area contributed by atoms with Gasteiger partial charge in [-0.1, -0.05) is 6.07 Å². The number of hydrogen-bond donors (Lipinski definition) is 1. The molecule has 0 radical (unpaired) electrons. The average Bonchev–Trinajstić information content (AvgIpc) is 3.00. The average molecular weight is 349 g/mol. The summed E-state index contributed by atoms with van der Waals surface area (Å²) in [4.78, 5) is 24.6. The van der Waals surface area contributed by atoms with Crippen LogP contribution in [0.4, 0.5) is 14.5 Å². The Morgan fingerprint density at radius 2 is 2.12 bits per heavy atom. The molecule has 8 heteroatoms. The van der Waals surface area contributed by atoms with E-state index in [0.717, 1.165) is 35.2 Å². The first kappa shape index (κ1) is 17.1. The van der Waals surface area contributed by atoms with Crippen LogP contribution in [-0.4, -0.2) is 22.3 Å². The summed E-state index contributed by atoms with van der Waals surface area (Å²) in [5.41, 5.74) is 1.74. The number of halogens is 2. The summed E-state index contributed by atoms with van der Waals surface area (Å²) in [5.74, 6) is -0.532. The van der Waals surface area contributed by atoms with E-state index in [1.807, 2.05) is 0 Å². The summed E-state index contributed by atoms with van der Waals surface area (Å²) in [6.45, 7) is -1.39. The number of alkyl halides is 2. The molecule has 0 unspecified atom stereocenters. The molecule has 1 aliphatic carbocycles. The lowest BCUT2D eigenvalue weighted by molar-refractivity contribution is -0.119. The largest absolute Gasteiger partial charge is 0.435 e. The van der Waals surface area contributed by atoms with Crippen molar-refractivity contribution in [3.8, 4) is 5.75 Å². The summed E-state index contributed by atoms with van der Waals surface area (Å²) in [6, 6.07) is 6.36. The summed E-state index contributed by atoms with van der Waals surface area (Å²) < 4.78 is 30.0. The smallest absolute Gasteiger partial charge is 0.387 e. The highest BCUT2D eigenvalue weighted by molar-refractivity contribution is 5.93. The first-order valence-corrected chi connectivity index (χ1v) is 7.91. The number of rotatable bonds is 5. The maximum atomic E-state index is 12.4. The number of benzene rings is 1. The van der Waals surface area contributed by atoms with Gasteiger partial charge in [0.05, 0.1) is 5.69 Å². The van der Waals surface area contributed by atoms with Gasteiger partial charge in [-0.05, 0) is 43.9 Å². The number of carbonyl (C=O) groups is 1. The van der Waals surface area contributed by atoms with Gasteiger partial charge in [-0.25, -0.2) is 4.68 Å². The minimum absolute atomic E-state index is 0.0618.